The summed E-state index contributed by atoms with van der Waals surface area (Å²) in [6.45, 7) is 0.455. The number of aromatic nitrogens is 2. The maximum atomic E-state index is 13.1. The van der Waals surface area contributed by atoms with E-state index in [1.54, 1.807) is 6.07 Å². The Bertz CT molecular complexity index is 1370. The first-order valence-electron chi connectivity index (χ1n) is 10.5. The number of carbonyl (C=O) groups is 3. The number of nitrogens with one attached hydrogen (secondary N) is 3. The van der Waals surface area contributed by atoms with Crippen LogP contribution in [0.1, 0.15) is 27.3 Å². The summed E-state index contributed by atoms with van der Waals surface area (Å²) in [5, 5.41) is 8.08. The second kappa shape index (κ2) is 12.1. The number of halogens is 1. The van der Waals surface area contributed by atoms with Gasteiger partial charge < -0.3 is 20.7 Å². The average molecular weight is 532 g/mol. The predicted molar refractivity (Wildman–Crippen MR) is 133 cm³/mol. The van der Waals surface area contributed by atoms with Gasteiger partial charge in [-0.2, -0.15) is 0 Å². The lowest BCUT2D eigenvalue weighted by Gasteiger charge is -2.14. The van der Waals surface area contributed by atoms with Crippen molar-refractivity contribution in [3.63, 3.8) is 0 Å². The van der Waals surface area contributed by atoms with E-state index >= 15 is 0 Å². The van der Waals surface area contributed by atoms with Gasteiger partial charge in [0.1, 0.15) is 11.6 Å². The molecule has 0 spiro atoms. The largest absolute Gasteiger partial charge is 0.493 e. The van der Waals surface area contributed by atoms with Gasteiger partial charge in [-0.3, -0.25) is 14.4 Å². The summed E-state index contributed by atoms with van der Waals surface area (Å²) in [4.78, 5) is 44.3. The van der Waals surface area contributed by atoms with E-state index in [0.29, 0.717) is 24.4 Å². The van der Waals surface area contributed by atoms with Gasteiger partial charge in [0.25, 0.3) is 11.8 Å². The smallest absolute Gasteiger partial charge is 0.277 e. The van der Waals surface area contributed by atoms with E-state index in [1.165, 1.54) is 48.8 Å². The fourth-order valence-electron chi connectivity index (χ4n) is 2.96. The lowest BCUT2D eigenvalue weighted by Crippen LogP contribution is -2.21. The maximum absolute atomic E-state index is 13.1. The van der Waals surface area contributed by atoms with Gasteiger partial charge in [0.15, 0.2) is 15.5 Å². The highest BCUT2D eigenvalue weighted by Gasteiger charge is 2.20. The van der Waals surface area contributed by atoms with E-state index in [2.05, 4.69) is 25.9 Å². The van der Waals surface area contributed by atoms with E-state index in [9.17, 15) is 22.8 Å². The van der Waals surface area contributed by atoms with E-state index < -0.39 is 21.7 Å². The maximum Gasteiger partial charge on any atom is 0.277 e. The third-order valence-corrected chi connectivity index (χ3v) is 6.01. The second-order valence-corrected chi connectivity index (χ2v) is 9.83. The molecule has 3 aromatic rings. The number of nitrogens with zero attached hydrogens (tertiary/aromatic N) is 2. The molecular weight excluding hydrogens is 510 g/mol. The molecule has 0 unspecified atom stereocenters. The molecule has 0 atom stereocenters. The Morgan fingerprint density at radius 3 is 2.58 bits per heavy atom. The molecule has 0 aliphatic carbocycles. The molecular formula is C23H22ClN5O6S. The fourth-order valence-corrected chi connectivity index (χ4v) is 3.71. The van der Waals surface area contributed by atoms with Crippen LogP contribution in [0.4, 0.5) is 11.5 Å². The van der Waals surface area contributed by atoms with Gasteiger partial charge in [-0.15, -0.1) is 0 Å². The zero-order valence-electron chi connectivity index (χ0n) is 19.0. The summed E-state index contributed by atoms with van der Waals surface area (Å²) < 4.78 is 29.6. The molecule has 0 saturated heterocycles. The van der Waals surface area contributed by atoms with E-state index in [0.717, 1.165) is 6.26 Å². The molecule has 188 valence electrons. The number of rotatable bonds is 11. The highest BCUT2D eigenvalue weighted by atomic mass is 35.5. The minimum absolute atomic E-state index is 0.0294. The second-order valence-electron chi connectivity index (χ2n) is 7.37. The third-order valence-electron chi connectivity index (χ3n) is 4.67. The van der Waals surface area contributed by atoms with Crippen molar-refractivity contribution in [2.24, 2.45) is 0 Å². The van der Waals surface area contributed by atoms with Crippen molar-refractivity contribution in [3.05, 3.63) is 71.1 Å². The topological polar surface area (TPSA) is 156 Å². The standard InChI is InChI=1S/C23H22ClN5O6S/c1-36(33,34)16-6-7-17(19(12-16)35-11-3-9-25-14-30)22(31)28-18-4-2-10-26-21(18)23(32)29-20-8-5-15(24)13-27-20/h2,4-8,10,12-14H,3,9,11H2,1H3,(H,25,30)(H,28,31)(H,27,29,32). The van der Waals surface area contributed by atoms with Crippen LogP contribution in [-0.2, 0) is 14.6 Å². The van der Waals surface area contributed by atoms with Crippen LogP contribution >= 0.6 is 11.6 Å². The van der Waals surface area contributed by atoms with Gasteiger partial charge in [-0.25, -0.2) is 18.4 Å². The highest BCUT2D eigenvalue weighted by Crippen LogP contribution is 2.25. The summed E-state index contributed by atoms with van der Waals surface area (Å²) in [7, 11) is -3.56. The molecule has 2 aromatic heterocycles. The molecule has 0 saturated carbocycles. The number of benzene rings is 1. The molecule has 0 radical (unpaired) electrons. The number of pyridine rings is 2. The average Bonchev–Trinajstić information content (AvgIpc) is 2.85. The molecule has 0 aliphatic heterocycles. The monoisotopic (exact) mass is 531 g/mol. The van der Waals surface area contributed by atoms with Gasteiger partial charge in [0.2, 0.25) is 6.41 Å². The van der Waals surface area contributed by atoms with E-state index in [1.807, 2.05) is 0 Å². The predicted octanol–water partition coefficient (Wildman–Crippen LogP) is 2.55. The summed E-state index contributed by atoms with van der Waals surface area (Å²) in [5.74, 6) is -1.000. The molecule has 36 heavy (non-hydrogen) atoms. The van der Waals surface area contributed by atoms with E-state index in [4.69, 9.17) is 16.3 Å². The van der Waals surface area contributed by atoms with Gasteiger partial charge >= 0.3 is 0 Å². The van der Waals surface area contributed by atoms with Crippen LogP contribution < -0.4 is 20.7 Å². The van der Waals surface area contributed by atoms with Crippen LogP contribution in [0.15, 0.2) is 59.8 Å². The minimum atomic E-state index is -3.56. The van der Waals surface area contributed by atoms with Crippen molar-refractivity contribution < 1.29 is 27.5 Å². The number of amides is 3. The molecule has 0 aliphatic rings. The summed E-state index contributed by atoms with van der Waals surface area (Å²) >= 11 is 5.81. The van der Waals surface area contributed by atoms with Gasteiger partial charge in [0.05, 0.1) is 27.8 Å². The molecule has 11 nitrogen and oxygen atoms in total. The van der Waals surface area contributed by atoms with Crippen LogP contribution in [0.2, 0.25) is 5.02 Å². The fraction of sp³-hybridized carbons (Fsp3) is 0.174. The van der Waals surface area contributed by atoms with Gasteiger partial charge in [0, 0.05) is 25.2 Å². The molecule has 0 bridgehead atoms. The zero-order chi connectivity index (χ0) is 26.1. The Balaban J connectivity index is 1.83. The number of carbonyl (C=O) groups excluding carboxylic acids is 3. The first-order valence-corrected chi connectivity index (χ1v) is 12.8. The van der Waals surface area contributed by atoms with Crippen LogP contribution in [0, 0.1) is 0 Å². The summed E-state index contributed by atoms with van der Waals surface area (Å²) in [5.41, 5.74) is 0.0837. The number of hydrogen-bond acceptors (Lipinski definition) is 8. The molecule has 2 heterocycles. The molecule has 13 heteroatoms. The van der Waals surface area contributed by atoms with E-state index in [-0.39, 0.29) is 40.0 Å². The first kappa shape index (κ1) is 26.6. The lowest BCUT2D eigenvalue weighted by atomic mass is 10.1. The Morgan fingerprint density at radius 1 is 1.08 bits per heavy atom. The molecule has 3 N–H and O–H groups in total. The van der Waals surface area contributed by atoms with Crippen LogP contribution in [-0.4, -0.2) is 56.0 Å². The van der Waals surface area contributed by atoms with Crippen LogP contribution in [0.5, 0.6) is 5.75 Å². The first-order chi connectivity index (χ1) is 17.2. The number of ether oxygens (including phenoxy) is 1. The van der Waals surface area contributed by atoms with Crippen molar-refractivity contribution in [2.75, 3.05) is 30.0 Å². The number of anilines is 2. The third kappa shape index (κ3) is 7.23. The lowest BCUT2D eigenvalue weighted by molar-refractivity contribution is -0.109. The quantitative estimate of drug-likeness (QED) is 0.252. The van der Waals surface area contributed by atoms with Crippen LogP contribution in [0.25, 0.3) is 0 Å². The minimum Gasteiger partial charge on any atom is -0.493 e. The normalized spacial score (nSPS) is 10.8. The summed E-state index contributed by atoms with van der Waals surface area (Å²) in [6.07, 6.45) is 4.77. The van der Waals surface area contributed by atoms with Crippen LogP contribution in [0.3, 0.4) is 0 Å². The van der Waals surface area contributed by atoms with Crippen molar-refractivity contribution in [2.45, 2.75) is 11.3 Å². The molecule has 3 amide bonds. The van der Waals surface area contributed by atoms with Crippen molar-refractivity contribution >= 4 is 51.2 Å². The number of sulfone groups is 1. The summed E-state index contributed by atoms with van der Waals surface area (Å²) in [6, 6.07) is 9.96. The number of hydrogen-bond donors (Lipinski definition) is 3. The van der Waals surface area contributed by atoms with Crippen molar-refractivity contribution in [1.82, 2.24) is 15.3 Å². The molecule has 1 aromatic carbocycles. The van der Waals surface area contributed by atoms with Gasteiger partial charge in [-0.1, -0.05) is 11.6 Å². The van der Waals surface area contributed by atoms with Crippen molar-refractivity contribution in [1.29, 1.82) is 0 Å². The molecule has 3 rings (SSSR count). The van der Waals surface area contributed by atoms with Gasteiger partial charge in [-0.05, 0) is 48.9 Å². The zero-order valence-corrected chi connectivity index (χ0v) is 20.6. The highest BCUT2D eigenvalue weighted by molar-refractivity contribution is 7.90. The van der Waals surface area contributed by atoms with Crippen molar-refractivity contribution in [3.8, 4) is 5.75 Å². The Labute approximate surface area is 212 Å². The SMILES string of the molecule is CS(=O)(=O)c1ccc(C(=O)Nc2cccnc2C(=O)Nc2ccc(Cl)cn2)c(OCCCNC=O)c1. The Hall–Kier alpha value is -4.03. The Morgan fingerprint density at radius 2 is 1.89 bits per heavy atom. The molecule has 0 fully saturated rings. The Kier molecular flexibility index (Phi) is 8.92.